The summed E-state index contributed by atoms with van der Waals surface area (Å²) in [6.07, 6.45) is 6.47. The Kier molecular flexibility index (Phi) is 4.62. The van der Waals surface area contributed by atoms with Gasteiger partial charge < -0.3 is 10.6 Å². The lowest BCUT2D eigenvalue weighted by atomic mass is 9.88. The first-order chi connectivity index (χ1) is 11.1. The van der Waals surface area contributed by atoms with E-state index in [0.29, 0.717) is 5.11 Å². The molecule has 0 atom stereocenters. The van der Waals surface area contributed by atoms with Crippen LogP contribution in [0.2, 0.25) is 0 Å². The van der Waals surface area contributed by atoms with Gasteiger partial charge in [0, 0.05) is 6.20 Å². The molecule has 1 aromatic heterocycles. The van der Waals surface area contributed by atoms with E-state index in [0.717, 1.165) is 18.7 Å². The third kappa shape index (κ3) is 3.70. The van der Waals surface area contributed by atoms with Crippen molar-refractivity contribution in [1.29, 1.82) is 0 Å². The van der Waals surface area contributed by atoms with E-state index in [4.69, 9.17) is 12.2 Å². The van der Waals surface area contributed by atoms with Crippen molar-refractivity contribution in [2.45, 2.75) is 45.1 Å². The van der Waals surface area contributed by atoms with Gasteiger partial charge in [-0.05, 0) is 62.2 Å². The van der Waals surface area contributed by atoms with E-state index >= 15 is 0 Å². The fraction of sp³-hybridized carbons (Fsp3) is 0.368. The number of aromatic nitrogens is 1. The van der Waals surface area contributed by atoms with Crippen molar-refractivity contribution in [1.82, 2.24) is 10.3 Å². The number of thiocarbonyl (C=S) groups is 1. The van der Waals surface area contributed by atoms with Crippen LogP contribution in [0.4, 0.5) is 5.82 Å². The van der Waals surface area contributed by atoms with Crippen LogP contribution in [0.25, 0.3) is 0 Å². The predicted octanol–water partition coefficient (Wildman–Crippen LogP) is 4.45. The maximum atomic E-state index is 5.55. The number of anilines is 1. The molecular weight excluding hydrogens is 302 g/mol. The standard InChI is InChI=1S/C19H23N3S/c1-14-5-7-16(8-6-14)19(10-3-4-11-19)22-18(23)21-17-13-15(2)9-12-20-17/h5-9,12-13H,3-4,10-11H2,1-2H3,(H2,20,21,22,23). The number of pyridine rings is 1. The maximum Gasteiger partial charge on any atom is 0.172 e. The van der Waals surface area contributed by atoms with E-state index in [1.54, 1.807) is 6.20 Å². The number of aryl methyl sites for hydroxylation is 2. The molecule has 1 heterocycles. The quantitative estimate of drug-likeness (QED) is 0.817. The molecule has 0 amide bonds. The Hall–Kier alpha value is -1.94. The molecule has 0 bridgehead atoms. The van der Waals surface area contributed by atoms with Crippen LogP contribution in [0.3, 0.4) is 0 Å². The van der Waals surface area contributed by atoms with Gasteiger partial charge >= 0.3 is 0 Å². The third-order valence-corrected chi connectivity index (χ3v) is 4.78. The van der Waals surface area contributed by atoms with Crippen molar-refractivity contribution < 1.29 is 0 Å². The van der Waals surface area contributed by atoms with Crippen LogP contribution >= 0.6 is 12.2 Å². The van der Waals surface area contributed by atoms with Gasteiger partial charge in [0.15, 0.2) is 5.11 Å². The highest BCUT2D eigenvalue weighted by Crippen LogP contribution is 2.38. The first-order valence-electron chi connectivity index (χ1n) is 8.16. The van der Waals surface area contributed by atoms with Crippen molar-refractivity contribution in [2.75, 3.05) is 5.32 Å². The minimum absolute atomic E-state index is 0.0540. The third-order valence-electron chi connectivity index (χ3n) is 4.57. The van der Waals surface area contributed by atoms with E-state index in [2.05, 4.69) is 46.8 Å². The Morgan fingerprint density at radius 3 is 2.39 bits per heavy atom. The number of hydrogen-bond acceptors (Lipinski definition) is 2. The second-order valence-electron chi connectivity index (χ2n) is 6.45. The summed E-state index contributed by atoms with van der Waals surface area (Å²) in [5, 5.41) is 7.45. The number of nitrogens with one attached hydrogen (secondary N) is 2. The normalized spacial score (nSPS) is 16.1. The summed E-state index contributed by atoms with van der Waals surface area (Å²) in [4.78, 5) is 4.32. The van der Waals surface area contributed by atoms with Gasteiger partial charge in [-0.3, -0.25) is 0 Å². The average molecular weight is 325 g/mol. The topological polar surface area (TPSA) is 37.0 Å². The van der Waals surface area contributed by atoms with Crippen LogP contribution in [0.5, 0.6) is 0 Å². The van der Waals surface area contributed by atoms with Gasteiger partial charge in [0.1, 0.15) is 5.82 Å². The van der Waals surface area contributed by atoms with Gasteiger partial charge in [-0.1, -0.05) is 42.7 Å². The van der Waals surface area contributed by atoms with E-state index in [1.165, 1.54) is 29.5 Å². The van der Waals surface area contributed by atoms with Crippen molar-refractivity contribution >= 4 is 23.1 Å². The summed E-state index contributed by atoms with van der Waals surface area (Å²) in [5.41, 5.74) is 3.72. The molecule has 0 aliphatic heterocycles. The molecule has 1 fully saturated rings. The summed E-state index contributed by atoms with van der Waals surface area (Å²) >= 11 is 5.55. The van der Waals surface area contributed by atoms with Gasteiger partial charge in [0.05, 0.1) is 5.54 Å². The molecule has 3 rings (SSSR count). The smallest absolute Gasteiger partial charge is 0.172 e. The van der Waals surface area contributed by atoms with Crippen molar-refractivity contribution in [3.63, 3.8) is 0 Å². The fourth-order valence-corrected chi connectivity index (χ4v) is 3.61. The summed E-state index contributed by atoms with van der Waals surface area (Å²) in [7, 11) is 0. The van der Waals surface area contributed by atoms with Crippen LogP contribution in [-0.4, -0.2) is 10.1 Å². The second-order valence-corrected chi connectivity index (χ2v) is 6.86. The summed E-state index contributed by atoms with van der Waals surface area (Å²) < 4.78 is 0. The molecule has 23 heavy (non-hydrogen) atoms. The zero-order valence-corrected chi connectivity index (χ0v) is 14.5. The molecule has 0 spiro atoms. The summed E-state index contributed by atoms with van der Waals surface area (Å²) in [6.45, 7) is 4.17. The molecule has 2 aromatic rings. The molecule has 1 aromatic carbocycles. The number of rotatable bonds is 3. The monoisotopic (exact) mass is 325 g/mol. The Bertz CT molecular complexity index is 688. The maximum absolute atomic E-state index is 5.55. The number of nitrogens with zero attached hydrogens (tertiary/aromatic N) is 1. The minimum Gasteiger partial charge on any atom is -0.353 e. The first-order valence-corrected chi connectivity index (χ1v) is 8.57. The van der Waals surface area contributed by atoms with Crippen molar-refractivity contribution in [2.24, 2.45) is 0 Å². The van der Waals surface area contributed by atoms with E-state index in [1.807, 2.05) is 19.1 Å². The van der Waals surface area contributed by atoms with Gasteiger partial charge in [-0.2, -0.15) is 0 Å². The van der Waals surface area contributed by atoms with Crippen molar-refractivity contribution in [3.05, 3.63) is 59.3 Å². The van der Waals surface area contributed by atoms with Crippen molar-refractivity contribution in [3.8, 4) is 0 Å². The highest BCUT2D eigenvalue weighted by Gasteiger charge is 2.36. The summed E-state index contributed by atoms with van der Waals surface area (Å²) in [6, 6.07) is 12.8. The molecule has 1 aliphatic rings. The average Bonchev–Trinajstić information content (AvgIpc) is 2.97. The lowest BCUT2D eigenvalue weighted by Gasteiger charge is -2.32. The molecule has 4 heteroatoms. The van der Waals surface area contributed by atoms with Crippen LogP contribution in [-0.2, 0) is 5.54 Å². The van der Waals surface area contributed by atoms with Gasteiger partial charge in [0.25, 0.3) is 0 Å². The minimum atomic E-state index is -0.0540. The molecule has 0 saturated heterocycles. The van der Waals surface area contributed by atoms with Crippen LogP contribution in [0.15, 0.2) is 42.6 Å². The van der Waals surface area contributed by atoms with Gasteiger partial charge in [-0.25, -0.2) is 4.98 Å². The SMILES string of the molecule is Cc1ccc(C2(NC(=S)Nc3cc(C)ccn3)CCCC2)cc1. The molecule has 3 nitrogen and oxygen atoms in total. The molecule has 2 N–H and O–H groups in total. The highest BCUT2D eigenvalue weighted by atomic mass is 32.1. The Balaban J connectivity index is 1.77. The first kappa shape index (κ1) is 15.9. The molecule has 1 saturated carbocycles. The molecule has 1 aliphatic carbocycles. The molecular formula is C19H23N3S. The van der Waals surface area contributed by atoms with Gasteiger partial charge in [-0.15, -0.1) is 0 Å². The van der Waals surface area contributed by atoms with E-state index in [9.17, 15) is 0 Å². The van der Waals surface area contributed by atoms with E-state index < -0.39 is 0 Å². The molecule has 120 valence electrons. The second kappa shape index (κ2) is 6.67. The molecule has 0 radical (unpaired) electrons. The Morgan fingerprint density at radius 1 is 1.04 bits per heavy atom. The number of hydrogen-bond donors (Lipinski definition) is 2. The lowest BCUT2D eigenvalue weighted by Crippen LogP contribution is -2.45. The fourth-order valence-electron chi connectivity index (χ4n) is 3.31. The lowest BCUT2D eigenvalue weighted by molar-refractivity contribution is 0.408. The highest BCUT2D eigenvalue weighted by molar-refractivity contribution is 7.80. The van der Waals surface area contributed by atoms with Gasteiger partial charge in [0.2, 0.25) is 0 Å². The largest absolute Gasteiger partial charge is 0.353 e. The van der Waals surface area contributed by atoms with Crippen LogP contribution < -0.4 is 10.6 Å². The van der Waals surface area contributed by atoms with Crippen LogP contribution in [0, 0.1) is 13.8 Å². The van der Waals surface area contributed by atoms with Crippen LogP contribution in [0.1, 0.15) is 42.4 Å². The zero-order chi connectivity index (χ0) is 16.3. The molecule has 0 unspecified atom stereocenters. The van der Waals surface area contributed by atoms with E-state index in [-0.39, 0.29) is 5.54 Å². The zero-order valence-electron chi connectivity index (χ0n) is 13.7. The Labute approximate surface area is 143 Å². The number of benzene rings is 1. The predicted molar refractivity (Wildman–Crippen MR) is 99.7 cm³/mol. The summed E-state index contributed by atoms with van der Waals surface area (Å²) in [5.74, 6) is 0.791. The Morgan fingerprint density at radius 2 is 1.74 bits per heavy atom.